The lowest BCUT2D eigenvalue weighted by molar-refractivity contribution is 0.423. The van der Waals surface area contributed by atoms with Crippen molar-refractivity contribution in [3.63, 3.8) is 0 Å². The highest BCUT2D eigenvalue weighted by Gasteiger charge is 2.15. The fourth-order valence-electron chi connectivity index (χ4n) is 1.93. The first-order chi connectivity index (χ1) is 10.0. The quantitative estimate of drug-likeness (QED) is 0.707. The van der Waals surface area contributed by atoms with Gasteiger partial charge in [-0.25, -0.2) is 4.39 Å². The predicted molar refractivity (Wildman–Crippen MR) is 73.2 cm³/mol. The van der Waals surface area contributed by atoms with Crippen molar-refractivity contribution in [3.05, 3.63) is 47.8 Å². The Morgan fingerprint density at radius 1 is 1.10 bits per heavy atom. The van der Waals surface area contributed by atoms with E-state index in [4.69, 9.17) is 4.52 Å². The van der Waals surface area contributed by atoms with Crippen molar-refractivity contribution < 1.29 is 19.1 Å². The maximum atomic E-state index is 13.3. The van der Waals surface area contributed by atoms with Gasteiger partial charge in [-0.15, -0.1) is 0 Å². The van der Waals surface area contributed by atoms with E-state index in [0.717, 1.165) is 0 Å². The van der Waals surface area contributed by atoms with Gasteiger partial charge in [-0.1, -0.05) is 5.16 Å². The Labute approximate surface area is 119 Å². The van der Waals surface area contributed by atoms with Gasteiger partial charge in [0.25, 0.3) is 5.89 Å². The molecule has 0 radical (unpaired) electrons. The number of hydrogen-bond acceptors (Lipinski definition) is 5. The third-order valence-corrected chi connectivity index (χ3v) is 3.05. The van der Waals surface area contributed by atoms with Gasteiger partial charge in [0.05, 0.1) is 5.56 Å². The molecular formula is C15H11FN2O3. The lowest BCUT2D eigenvalue weighted by Gasteiger charge is -1.99. The van der Waals surface area contributed by atoms with Crippen LogP contribution in [0.1, 0.15) is 5.56 Å². The van der Waals surface area contributed by atoms with Crippen molar-refractivity contribution >= 4 is 0 Å². The number of aryl methyl sites for hydroxylation is 1. The highest BCUT2D eigenvalue weighted by atomic mass is 19.1. The molecule has 1 aromatic heterocycles. The van der Waals surface area contributed by atoms with Gasteiger partial charge >= 0.3 is 0 Å². The molecule has 0 aliphatic rings. The van der Waals surface area contributed by atoms with E-state index < -0.39 is 0 Å². The van der Waals surface area contributed by atoms with E-state index in [9.17, 15) is 14.6 Å². The summed E-state index contributed by atoms with van der Waals surface area (Å²) < 4.78 is 18.3. The average Bonchev–Trinajstić information content (AvgIpc) is 2.94. The molecule has 106 valence electrons. The molecule has 6 heteroatoms. The van der Waals surface area contributed by atoms with E-state index in [2.05, 4.69) is 10.1 Å². The fourth-order valence-corrected chi connectivity index (χ4v) is 1.93. The summed E-state index contributed by atoms with van der Waals surface area (Å²) in [5.74, 6) is -0.0808. The van der Waals surface area contributed by atoms with E-state index in [1.807, 2.05) is 0 Å². The molecule has 2 N–H and O–H groups in total. The van der Waals surface area contributed by atoms with E-state index >= 15 is 0 Å². The topological polar surface area (TPSA) is 79.4 Å². The number of aromatic nitrogens is 2. The normalized spacial score (nSPS) is 10.8. The first-order valence-corrected chi connectivity index (χ1v) is 6.17. The largest absolute Gasteiger partial charge is 0.508 e. The number of rotatable bonds is 2. The van der Waals surface area contributed by atoms with Crippen LogP contribution in [0.3, 0.4) is 0 Å². The molecule has 5 nitrogen and oxygen atoms in total. The van der Waals surface area contributed by atoms with Crippen LogP contribution >= 0.6 is 0 Å². The Hall–Kier alpha value is -2.89. The van der Waals surface area contributed by atoms with Gasteiger partial charge in [0.1, 0.15) is 17.3 Å². The number of phenols is 2. The maximum Gasteiger partial charge on any atom is 0.262 e. The number of benzene rings is 2. The van der Waals surface area contributed by atoms with Gasteiger partial charge < -0.3 is 14.7 Å². The monoisotopic (exact) mass is 286 g/mol. The third kappa shape index (κ3) is 2.43. The molecule has 0 bridgehead atoms. The van der Waals surface area contributed by atoms with Crippen LogP contribution in [-0.2, 0) is 0 Å². The zero-order valence-corrected chi connectivity index (χ0v) is 11.0. The van der Waals surface area contributed by atoms with Crippen LogP contribution in [-0.4, -0.2) is 20.4 Å². The first-order valence-electron chi connectivity index (χ1n) is 6.17. The average molecular weight is 286 g/mol. The second-order valence-electron chi connectivity index (χ2n) is 4.59. The number of aromatic hydroxyl groups is 2. The molecule has 0 aliphatic carbocycles. The van der Waals surface area contributed by atoms with E-state index in [-0.39, 0.29) is 34.6 Å². The Morgan fingerprint density at radius 3 is 2.67 bits per heavy atom. The molecule has 0 unspecified atom stereocenters. The van der Waals surface area contributed by atoms with Crippen molar-refractivity contribution in [1.29, 1.82) is 0 Å². The van der Waals surface area contributed by atoms with Crippen LogP contribution in [0, 0.1) is 12.7 Å². The van der Waals surface area contributed by atoms with Gasteiger partial charge in [0, 0.05) is 5.56 Å². The molecule has 0 atom stereocenters. The van der Waals surface area contributed by atoms with Crippen molar-refractivity contribution in [2.45, 2.75) is 6.92 Å². The lowest BCUT2D eigenvalue weighted by Crippen LogP contribution is -1.86. The minimum absolute atomic E-state index is 0.0276. The molecule has 21 heavy (non-hydrogen) atoms. The Balaban J connectivity index is 2.03. The molecule has 0 saturated heterocycles. The molecule has 0 saturated carbocycles. The van der Waals surface area contributed by atoms with Crippen LogP contribution in [0.4, 0.5) is 4.39 Å². The van der Waals surface area contributed by atoms with Gasteiger partial charge in [-0.2, -0.15) is 4.98 Å². The number of halogens is 1. The molecular weight excluding hydrogens is 275 g/mol. The van der Waals surface area contributed by atoms with Crippen molar-refractivity contribution in [3.8, 4) is 34.3 Å². The number of nitrogens with zero attached hydrogens (tertiary/aromatic N) is 2. The van der Waals surface area contributed by atoms with E-state index in [1.54, 1.807) is 19.1 Å². The van der Waals surface area contributed by atoms with Crippen molar-refractivity contribution in [1.82, 2.24) is 10.1 Å². The highest BCUT2D eigenvalue weighted by molar-refractivity contribution is 5.66. The molecule has 3 rings (SSSR count). The first kappa shape index (κ1) is 13.1. The summed E-state index contributed by atoms with van der Waals surface area (Å²) in [6.45, 7) is 1.64. The molecule has 3 aromatic rings. The van der Waals surface area contributed by atoms with Crippen LogP contribution in [0.2, 0.25) is 0 Å². The van der Waals surface area contributed by atoms with Crippen LogP contribution in [0.5, 0.6) is 11.5 Å². The molecule has 0 spiro atoms. The van der Waals surface area contributed by atoms with Gasteiger partial charge in [0.15, 0.2) is 0 Å². The van der Waals surface area contributed by atoms with Crippen molar-refractivity contribution in [2.75, 3.05) is 0 Å². The minimum Gasteiger partial charge on any atom is -0.508 e. The zero-order chi connectivity index (χ0) is 15.0. The number of hydrogen-bond donors (Lipinski definition) is 2. The summed E-state index contributed by atoms with van der Waals surface area (Å²) in [6, 6.07) is 8.47. The van der Waals surface area contributed by atoms with E-state index in [1.165, 1.54) is 24.3 Å². The minimum atomic E-state index is -0.312. The Morgan fingerprint density at radius 2 is 1.90 bits per heavy atom. The Kier molecular flexibility index (Phi) is 3.06. The summed E-state index contributed by atoms with van der Waals surface area (Å²) in [4.78, 5) is 4.15. The summed E-state index contributed by atoms with van der Waals surface area (Å²) in [5, 5.41) is 23.0. The van der Waals surface area contributed by atoms with E-state index in [0.29, 0.717) is 11.1 Å². The smallest absolute Gasteiger partial charge is 0.262 e. The summed E-state index contributed by atoms with van der Waals surface area (Å²) in [6.07, 6.45) is 0. The highest BCUT2D eigenvalue weighted by Crippen LogP contribution is 2.32. The second kappa shape index (κ2) is 4.90. The predicted octanol–water partition coefficient (Wildman–Crippen LogP) is 3.26. The maximum absolute atomic E-state index is 13.3. The molecule has 0 amide bonds. The summed E-state index contributed by atoms with van der Waals surface area (Å²) in [5.41, 5.74) is 1.30. The number of phenolic OH excluding ortho intramolecular Hbond substituents is 2. The van der Waals surface area contributed by atoms with Crippen LogP contribution in [0.15, 0.2) is 40.9 Å². The standard InChI is InChI=1S/C15H11FN2O3/c1-8-6-9(2-4-12(8)16)14-17-15(21-18-14)11-7-10(19)3-5-13(11)20/h2-7,19-20H,1H3. The molecule has 0 aliphatic heterocycles. The summed E-state index contributed by atoms with van der Waals surface area (Å²) >= 11 is 0. The zero-order valence-electron chi connectivity index (χ0n) is 11.0. The summed E-state index contributed by atoms with van der Waals surface area (Å²) in [7, 11) is 0. The SMILES string of the molecule is Cc1cc(-c2noc(-c3cc(O)ccc3O)n2)ccc1F. The fraction of sp³-hybridized carbons (Fsp3) is 0.0667. The van der Waals surface area contributed by atoms with Gasteiger partial charge in [-0.3, -0.25) is 0 Å². The Bertz CT molecular complexity index is 814. The van der Waals surface area contributed by atoms with Crippen LogP contribution < -0.4 is 0 Å². The van der Waals surface area contributed by atoms with Crippen LogP contribution in [0.25, 0.3) is 22.8 Å². The van der Waals surface area contributed by atoms with Gasteiger partial charge in [0.2, 0.25) is 5.82 Å². The second-order valence-corrected chi connectivity index (χ2v) is 4.59. The van der Waals surface area contributed by atoms with Gasteiger partial charge in [-0.05, 0) is 48.9 Å². The molecule has 2 aromatic carbocycles. The lowest BCUT2D eigenvalue weighted by atomic mass is 10.1. The third-order valence-electron chi connectivity index (χ3n) is 3.05. The van der Waals surface area contributed by atoms with Crippen molar-refractivity contribution in [2.24, 2.45) is 0 Å². The molecule has 0 fully saturated rings. The molecule has 1 heterocycles.